The Hall–Kier alpha value is -0.700. The molecule has 0 unspecified atom stereocenters. The van der Waals surface area contributed by atoms with E-state index in [1.54, 1.807) is 17.6 Å². The molecular weight excluding hydrogens is 136 g/mol. The van der Waals surface area contributed by atoms with Crippen LogP contribution in [-0.2, 0) is 9.53 Å². The van der Waals surface area contributed by atoms with Crippen molar-refractivity contribution in [3.63, 3.8) is 0 Å². The Kier molecular flexibility index (Phi) is 5.01. The smallest absolute Gasteiger partial charge is 0.307 e. The van der Waals surface area contributed by atoms with Crippen molar-refractivity contribution >= 4 is 18.6 Å². The van der Waals surface area contributed by atoms with Crippen LogP contribution in [0.4, 0.5) is 0 Å². The largest absolute Gasteiger partial charge is 0.435 e. The molecule has 0 amide bonds. The maximum Gasteiger partial charge on any atom is 0.307 e. The van der Waals surface area contributed by atoms with Crippen LogP contribution in [0.15, 0.2) is 23.8 Å². The number of hydrogen-bond donors (Lipinski definition) is 1. The van der Waals surface area contributed by atoms with Crippen molar-refractivity contribution < 1.29 is 9.53 Å². The second-order valence-corrected chi connectivity index (χ2v) is 1.58. The third kappa shape index (κ3) is 7.30. The van der Waals surface area contributed by atoms with Crippen LogP contribution in [0.5, 0.6) is 0 Å². The van der Waals surface area contributed by atoms with Crippen LogP contribution in [0.3, 0.4) is 0 Å². The molecule has 0 atom stereocenters. The Morgan fingerprint density at radius 2 is 2.22 bits per heavy atom. The van der Waals surface area contributed by atoms with Crippen molar-refractivity contribution in [2.45, 2.75) is 6.92 Å². The van der Waals surface area contributed by atoms with Crippen molar-refractivity contribution in [1.29, 1.82) is 0 Å². The molecule has 0 aliphatic carbocycles. The zero-order chi connectivity index (χ0) is 7.11. The Morgan fingerprint density at radius 1 is 1.56 bits per heavy atom. The van der Waals surface area contributed by atoms with Gasteiger partial charge in [0.25, 0.3) is 0 Å². The van der Waals surface area contributed by atoms with E-state index in [2.05, 4.69) is 17.4 Å². The lowest BCUT2D eigenvalue weighted by Crippen LogP contribution is -1.88. The number of carbonyl (C=O) groups is 1. The molecule has 0 rings (SSSR count). The number of rotatable bonds is 2. The first kappa shape index (κ1) is 8.30. The first-order valence-electron chi connectivity index (χ1n) is 2.40. The third-order valence-corrected chi connectivity index (χ3v) is 0.682. The molecule has 0 radical (unpaired) electrons. The minimum Gasteiger partial charge on any atom is -0.435 e. The molecule has 0 aliphatic heterocycles. The highest BCUT2D eigenvalue weighted by atomic mass is 32.1. The van der Waals surface area contributed by atoms with E-state index in [4.69, 9.17) is 0 Å². The lowest BCUT2D eigenvalue weighted by Gasteiger charge is -1.86. The number of ether oxygens (including phenoxy) is 1. The first-order valence-corrected chi connectivity index (χ1v) is 2.92. The number of allylic oxidation sites excluding steroid dienone is 2. The van der Waals surface area contributed by atoms with Crippen LogP contribution in [0.2, 0.25) is 0 Å². The molecule has 0 spiro atoms. The quantitative estimate of drug-likeness (QED) is 0.275. The van der Waals surface area contributed by atoms with E-state index in [1.807, 2.05) is 0 Å². The predicted molar refractivity (Wildman–Crippen MR) is 39.0 cm³/mol. The molecule has 0 fully saturated rings. The highest BCUT2D eigenvalue weighted by Crippen LogP contribution is 1.82. The first-order chi connectivity index (χ1) is 4.27. The van der Waals surface area contributed by atoms with Crippen LogP contribution < -0.4 is 0 Å². The van der Waals surface area contributed by atoms with Crippen molar-refractivity contribution in [3.05, 3.63) is 23.8 Å². The average Bonchev–Trinajstić information content (AvgIpc) is 1.80. The normalized spacial score (nSPS) is 10.9. The van der Waals surface area contributed by atoms with Crippen LogP contribution >= 0.6 is 12.6 Å². The SMILES string of the molecule is CC(=O)O/C=C/C=C/S. The van der Waals surface area contributed by atoms with Gasteiger partial charge < -0.3 is 4.74 Å². The van der Waals surface area contributed by atoms with E-state index >= 15 is 0 Å². The van der Waals surface area contributed by atoms with Gasteiger partial charge in [0.1, 0.15) is 0 Å². The summed E-state index contributed by atoms with van der Waals surface area (Å²) in [5.41, 5.74) is 0. The Labute approximate surface area is 59.6 Å². The molecule has 0 aliphatic rings. The van der Waals surface area contributed by atoms with Gasteiger partial charge in [-0.15, -0.1) is 0 Å². The molecule has 0 saturated heterocycles. The van der Waals surface area contributed by atoms with Gasteiger partial charge in [-0.1, -0.05) is 6.08 Å². The van der Waals surface area contributed by atoms with E-state index in [0.717, 1.165) is 0 Å². The maximum atomic E-state index is 10.1. The van der Waals surface area contributed by atoms with E-state index in [1.165, 1.54) is 13.2 Å². The molecule has 0 heterocycles. The topological polar surface area (TPSA) is 26.3 Å². The van der Waals surface area contributed by atoms with Crippen molar-refractivity contribution in [1.82, 2.24) is 0 Å². The fraction of sp³-hybridized carbons (Fsp3) is 0.167. The fourth-order valence-corrected chi connectivity index (χ4v) is 0.330. The van der Waals surface area contributed by atoms with Gasteiger partial charge in [0.2, 0.25) is 0 Å². The standard InChI is InChI=1S/C6H8O2S/c1-6(7)8-4-2-3-5-9/h2-5,9H,1H3/b4-2+,5-3+. The minimum absolute atomic E-state index is 0.321. The van der Waals surface area contributed by atoms with Gasteiger partial charge in [0.05, 0.1) is 6.26 Å². The lowest BCUT2D eigenvalue weighted by molar-refractivity contribution is -0.135. The third-order valence-electron chi connectivity index (χ3n) is 0.510. The molecule has 0 aromatic rings. The predicted octanol–water partition coefficient (Wildman–Crippen LogP) is 1.51. The monoisotopic (exact) mass is 144 g/mol. The molecule has 3 heteroatoms. The van der Waals surface area contributed by atoms with Crippen LogP contribution in [0.25, 0.3) is 0 Å². The fourth-order valence-electron chi connectivity index (χ4n) is 0.230. The molecule has 0 aromatic carbocycles. The molecule has 0 aromatic heterocycles. The molecular formula is C6H8O2S. The molecule has 0 bridgehead atoms. The van der Waals surface area contributed by atoms with Crippen molar-refractivity contribution in [2.24, 2.45) is 0 Å². The number of carbonyl (C=O) groups excluding carboxylic acids is 1. The second-order valence-electron chi connectivity index (χ2n) is 1.28. The molecule has 0 N–H and O–H groups in total. The lowest BCUT2D eigenvalue weighted by atomic mass is 10.6. The second kappa shape index (κ2) is 5.44. The van der Waals surface area contributed by atoms with Crippen LogP contribution in [-0.4, -0.2) is 5.97 Å². The van der Waals surface area contributed by atoms with Gasteiger partial charge in [-0.05, 0) is 11.5 Å². The average molecular weight is 144 g/mol. The van der Waals surface area contributed by atoms with Crippen LogP contribution in [0, 0.1) is 0 Å². The van der Waals surface area contributed by atoms with Gasteiger partial charge in [-0.25, -0.2) is 0 Å². The van der Waals surface area contributed by atoms with Gasteiger partial charge in [0, 0.05) is 6.92 Å². The zero-order valence-electron chi connectivity index (χ0n) is 5.07. The highest BCUT2D eigenvalue weighted by molar-refractivity contribution is 7.83. The number of esters is 1. The summed E-state index contributed by atoms with van der Waals surface area (Å²) in [6.07, 6.45) is 4.52. The van der Waals surface area contributed by atoms with Crippen molar-refractivity contribution in [2.75, 3.05) is 0 Å². The zero-order valence-corrected chi connectivity index (χ0v) is 5.97. The number of hydrogen-bond acceptors (Lipinski definition) is 3. The van der Waals surface area contributed by atoms with Gasteiger partial charge in [-0.3, -0.25) is 4.79 Å². The van der Waals surface area contributed by atoms with Gasteiger partial charge in [0.15, 0.2) is 0 Å². The Morgan fingerprint density at radius 3 is 2.67 bits per heavy atom. The Bertz CT molecular complexity index is 138. The summed E-state index contributed by atoms with van der Waals surface area (Å²) in [6, 6.07) is 0. The van der Waals surface area contributed by atoms with Gasteiger partial charge in [-0.2, -0.15) is 12.6 Å². The molecule has 0 saturated carbocycles. The summed E-state index contributed by atoms with van der Waals surface area (Å²) in [5.74, 6) is -0.321. The highest BCUT2D eigenvalue weighted by Gasteiger charge is 1.81. The van der Waals surface area contributed by atoms with E-state index < -0.39 is 0 Å². The Balaban J connectivity index is 3.36. The van der Waals surface area contributed by atoms with E-state index in [-0.39, 0.29) is 5.97 Å². The molecule has 2 nitrogen and oxygen atoms in total. The molecule has 50 valence electrons. The molecule has 9 heavy (non-hydrogen) atoms. The maximum absolute atomic E-state index is 10.1. The summed E-state index contributed by atoms with van der Waals surface area (Å²) in [7, 11) is 0. The number of thiol groups is 1. The summed E-state index contributed by atoms with van der Waals surface area (Å²) < 4.78 is 4.44. The van der Waals surface area contributed by atoms with E-state index in [9.17, 15) is 4.79 Å². The minimum atomic E-state index is -0.321. The van der Waals surface area contributed by atoms with Crippen molar-refractivity contribution in [3.8, 4) is 0 Å². The summed E-state index contributed by atoms with van der Waals surface area (Å²) in [5, 5.41) is 1.54. The van der Waals surface area contributed by atoms with Crippen LogP contribution in [0.1, 0.15) is 6.92 Å². The summed E-state index contributed by atoms with van der Waals surface area (Å²) in [6.45, 7) is 1.34. The van der Waals surface area contributed by atoms with E-state index in [0.29, 0.717) is 0 Å². The van der Waals surface area contributed by atoms with Gasteiger partial charge >= 0.3 is 5.97 Å². The summed E-state index contributed by atoms with van der Waals surface area (Å²) in [4.78, 5) is 10.1. The summed E-state index contributed by atoms with van der Waals surface area (Å²) >= 11 is 3.77.